The molecule has 5 heteroatoms. The number of anilines is 2. The first-order chi connectivity index (χ1) is 9.51. The van der Waals surface area contributed by atoms with Gasteiger partial charge in [-0.3, -0.25) is 15.6 Å². The lowest BCUT2D eigenvalue weighted by Crippen LogP contribution is -2.27. The van der Waals surface area contributed by atoms with Crippen LogP contribution in [0.1, 0.15) is 21.6 Å². The van der Waals surface area contributed by atoms with Gasteiger partial charge in [-0.05, 0) is 49.2 Å². The molecule has 0 atom stereocenters. The van der Waals surface area contributed by atoms with Crippen molar-refractivity contribution >= 4 is 17.3 Å². The van der Waals surface area contributed by atoms with E-state index in [1.807, 2.05) is 26.0 Å². The zero-order chi connectivity index (χ0) is 14.7. The second kappa shape index (κ2) is 5.71. The number of hydrazine groups is 1. The van der Waals surface area contributed by atoms with Crippen molar-refractivity contribution < 1.29 is 4.79 Å². The van der Waals surface area contributed by atoms with Gasteiger partial charge in [-0.2, -0.15) is 0 Å². The first-order valence-corrected chi connectivity index (χ1v) is 6.30. The number of nitrogens with one attached hydrogen (secondary N) is 1. The quantitative estimate of drug-likeness (QED) is 0.663. The fourth-order valence-corrected chi connectivity index (χ4v) is 2.07. The molecule has 0 radical (unpaired) electrons. The Morgan fingerprint density at radius 1 is 1.20 bits per heavy atom. The van der Waals surface area contributed by atoms with E-state index < -0.39 is 0 Å². The standard InChI is InChI=1S/C15H18N4O/c1-10-6-11(2)8-13(7-10)19(3)15(20)14-9-12(18-16)4-5-17-14/h4-9H,16H2,1-3H3,(H,17,18). The zero-order valence-electron chi connectivity index (χ0n) is 11.8. The first-order valence-electron chi connectivity index (χ1n) is 6.30. The van der Waals surface area contributed by atoms with Crippen LogP contribution in [0.3, 0.4) is 0 Å². The molecule has 5 nitrogen and oxygen atoms in total. The molecular formula is C15H18N4O. The van der Waals surface area contributed by atoms with Crippen molar-refractivity contribution in [2.45, 2.75) is 13.8 Å². The number of aromatic nitrogens is 1. The number of amides is 1. The van der Waals surface area contributed by atoms with Crippen molar-refractivity contribution in [1.82, 2.24) is 4.98 Å². The number of rotatable bonds is 3. The molecule has 3 N–H and O–H groups in total. The highest BCUT2D eigenvalue weighted by molar-refractivity contribution is 6.04. The molecule has 0 spiro atoms. The van der Waals surface area contributed by atoms with E-state index in [0.29, 0.717) is 11.4 Å². The van der Waals surface area contributed by atoms with Crippen molar-refractivity contribution in [2.75, 3.05) is 17.4 Å². The van der Waals surface area contributed by atoms with Crippen LogP contribution in [0.5, 0.6) is 0 Å². The number of benzene rings is 1. The van der Waals surface area contributed by atoms with Gasteiger partial charge >= 0.3 is 0 Å². The van der Waals surface area contributed by atoms with Crippen LogP contribution in [0.25, 0.3) is 0 Å². The van der Waals surface area contributed by atoms with Gasteiger partial charge in [0.1, 0.15) is 5.69 Å². The number of carbonyl (C=O) groups is 1. The van der Waals surface area contributed by atoms with Gasteiger partial charge in [-0.15, -0.1) is 0 Å². The highest BCUT2D eigenvalue weighted by atomic mass is 16.2. The summed E-state index contributed by atoms with van der Waals surface area (Å²) in [4.78, 5) is 18.1. The first kappa shape index (κ1) is 14.0. The molecular weight excluding hydrogens is 252 g/mol. The van der Waals surface area contributed by atoms with Crippen molar-refractivity contribution in [3.05, 3.63) is 53.3 Å². The Hall–Kier alpha value is -2.40. The molecule has 1 aromatic heterocycles. The van der Waals surface area contributed by atoms with Gasteiger partial charge in [0.25, 0.3) is 5.91 Å². The highest BCUT2D eigenvalue weighted by Crippen LogP contribution is 2.19. The molecule has 0 aliphatic carbocycles. The van der Waals surface area contributed by atoms with Crippen LogP contribution in [-0.4, -0.2) is 17.9 Å². The number of pyridine rings is 1. The Morgan fingerprint density at radius 2 is 1.85 bits per heavy atom. The fourth-order valence-electron chi connectivity index (χ4n) is 2.07. The lowest BCUT2D eigenvalue weighted by Gasteiger charge is -2.18. The molecule has 1 heterocycles. The fraction of sp³-hybridized carbons (Fsp3) is 0.200. The second-order valence-electron chi connectivity index (χ2n) is 4.78. The molecule has 20 heavy (non-hydrogen) atoms. The van der Waals surface area contributed by atoms with Crippen LogP contribution < -0.4 is 16.2 Å². The number of hydrogen-bond donors (Lipinski definition) is 2. The van der Waals surface area contributed by atoms with Crippen LogP contribution in [0.2, 0.25) is 0 Å². The van der Waals surface area contributed by atoms with E-state index in [1.54, 1.807) is 30.3 Å². The molecule has 1 aromatic carbocycles. The number of hydrogen-bond acceptors (Lipinski definition) is 4. The van der Waals surface area contributed by atoms with Crippen LogP contribution in [0.15, 0.2) is 36.5 Å². The molecule has 104 valence electrons. The van der Waals surface area contributed by atoms with Crippen molar-refractivity contribution in [2.24, 2.45) is 5.84 Å². The topological polar surface area (TPSA) is 71.2 Å². The Labute approximate surface area is 118 Å². The van der Waals surface area contributed by atoms with Gasteiger partial charge < -0.3 is 10.3 Å². The maximum absolute atomic E-state index is 12.4. The van der Waals surface area contributed by atoms with Gasteiger partial charge in [-0.25, -0.2) is 0 Å². The number of aryl methyl sites for hydroxylation is 2. The van der Waals surface area contributed by atoms with E-state index in [9.17, 15) is 4.79 Å². The summed E-state index contributed by atoms with van der Waals surface area (Å²) in [5, 5.41) is 0. The molecule has 0 fully saturated rings. The summed E-state index contributed by atoms with van der Waals surface area (Å²) in [5.74, 6) is 5.17. The molecule has 0 saturated carbocycles. The van der Waals surface area contributed by atoms with Gasteiger partial charge in [0.2, 0.25) is 0 Å². The number of nitrogens with two attached hydrogens (primary N) is 1. The normalized spacial score (nSPS) is 10.2. The minimum absolute atomic E-state index is 0.174. The summed E-state index contributed by atoms with van der Waals surface area (Å²) in [5.41, 5.74) is 6.59. The third-order valence-corrected chi connectivity index (χ3v) is 3.04. The van der Waals surface area contributed by atoms with E-state index in [4.69, 9.17) is 5.84 Å². The molecule has 1 amide bonds. The summed E-state index contributed by atoms with van der Waals surface area (Å²) >= 11 is 0. The lowest BCUT2D eigenvalue weighted by molar-refractivity contribution is 0.0988. The average molecular weight is 270 g/mol. The summed E-state index contributed by atoms with van der Waals surface area (Å²) in [7, 11) is 1.74. The molecule has 0 aliphatic rings. The van der Waals surface area contributed by atoms with E-state index in [1.165, 1.54) is 0 Å². The number of nitrogen functional groups attached to an aromatic ring is 1. The van der Waals surface area contributed by atoms with Crippen molar-refractivity contribution in [3.63, 3.8) is 0 Å². The van der Waals surface area contributed by atoms with E-state index in [-0.39, 0.29) is 5.91 Å². The monoisotopic (exact) mass is 270 g/mol. The largest absolute Gasteiger partial charge is 0.324 e. The zero-order valence-corrected chi connectivity index (χ0v) is 11.8. The van der Waals surface area contributed by atoms with Gasteiger partial charge in [0.15, 0.2) is 0 Å². The molecule has 0 unspecified atom stereocenters. The Kier molecular flexibility index (Phi) is 4.00. The SMILES string of the molecule is Cc1cc(C)cc(N(C)C(=O)c2cc(NN)ccn2)c1. The Bertz CT molecular complexity index is 619. The molecule has 0 aliphatic heterocycles. The molecule has 2 aromatic rings. The Balaban J connectivity index is 2.31. The van der Waals surface area contributed by atoms with E-state index in [0.717, 1.165) is 16.8 Å². The molecule has 0 saturated heterocycles. The number of nitrogens with zero attached hydrogens (tertiary/aromatic N) is 2. The summed E-state index contributed by atoms with van der Waals surface area (Å²) in [6, 6.07) is 9.33. The lowest BCUT2D eigenvalue weighted by atomic mass is 10.1. The third kappa shape index (κ3) is 2.95. The van der Waals surface area contributed by atoms with Crippen LogP contribution in [-0.2, 0) is 0 Å². The summed E-state index contributed by atoms with van der Waals surface area (Å²) < 4.78 is 0. The van der Waals surface area contributed by atoms with E-state index in [2.05, 4.69) is 16.5 Å². The van der Waals surface area contributed by atoms with Gasteiger partial charge in [-0.1, -0.05) is 6.07 Å². The predicted molar refractivity (Wildman–Crippen MR) is 80.7 cm³/mol. The van der Waals surface area contributed by atoms with Crippen molar-refractivity contribution in [1.29, 1.82) is 0 Å². The maximum atomic E-state index is 12.4. The molecule has 2 rings (SSSR count). The minimum atomic E-state index is -0.174. The predicted octanol–water partition coefficient (Wildman–Crippen LogP) is 2.26. The summed E-state index contributed by atoms with van der Waals surface area (Å²) in [6.07, 6.45) is 1.55. The van der Waals surface area contributed by atoms with Gasteiger partial charge in [0.05, 0.1) is 5.69 Å². The second-order valence-corrected chi connectivity index (χ2v) is 4.78. The van der Waals surface area contributed by atoms with Crippen LogP contribution >= 0.6 is 0 Å². The van der Waals surface area contributed by atoms with Crippen LogP contribution in [0, 0.1) is 13.8 Å². The van der Waals surface area contributed by atoms with Crippen molar-refractivity contribution in [3.8, 4) is 0 Å². The Morgan fingerprint density at radius 3 is 2.45 bits per heavy atom. The highest BCUT2D eigenvalue weighted by Gasteiger charge is 2.15. The summed E-state index contributed by atoms with van der Waals surface area (Å²) in [6.45, 7) is 4.01. The van der Waals surface area contributed by atoms with E-state index >= 15 is 0 Å². The maximum Gasteiger partial charge on any atom is 0.276 e. The smallest absolute Gasteiger partial charge is 0.276 e. The minimum Gasteiger partial charge on any atom is -0.324 e. The van der Waals surface area contributed by atoms with Gasteiger partial charge in [0, 0.05) is 18.9 Å². The molecule has 0 bridgehead atoms. The average Bonchev–Trinajstić information content (AvgIpc) is 2.44. The van der Waals surface area contributed by atoms with Crippen LogP contribution in [0.4, 0.5) is 11.4 Å². The number of carbonyl (C=O) groups excluding carboxylic acids is 1. The third-order valence-electron chi connectivity index (χ3n) is 3.04.